The van der Waals surface area contributed by atoms with Gasteiger partial charge in [-0.3, -0.25) is 9.59 Å². The Bertz CT molecular complexity index is 1250. The van der Waals surface area contributed by atoms with Gasteiger partial charge in [0.15, 0.2) is 0 Å². The van der Waals surface area contributed by atoms with Gasteiger partial charge in [-0.2, -0.15) is 4.31 Å². The second kappa shape index (κ2) is 10.1. The van der Waals surface area contributed by atoms with Crippen LogP contribution in [0.3, 0.4) is 0 Å². The summed E-state index contributed by atoms with van der Waals surface area (Å²) in [4.78, 5) is 27.5. The molecular formula is C27H32ClN3O4S. The van der Waals surface area contributed by atoms with Crippen LogP contribution in [-0.2, 0) is 32.5 Å². The van der Waals surface area contributed by atoms with Crippen LogP contribution in [0.5, 0.6) is 0 Å². The van der Waals surface area contributed by atoms with E-state index in [1.54, 1.807) is 18.2 Å². The Kier molecular flexibility index (Phi) is 7.12. The summed E-state index contributed by atoms with van der Waals surface area (Å²) < 4.78 is 28.2. The first-order chi connectivity index (χ1) is 17.2. The average molecular weight is 530 g/mol. The molecule has 1 aliphatic carbocycles. The van der Waals surface area contributed by atoms with E-state index in [4.69, 9.17) is 11.6 Å². The minimum atomic E-state index is -3.66. The molecule has 0 radical (unpaired) electrons. The fourth-order valence-electron chi connectivity index (χ4n) is 5.26. The highest BCUT2D eigenvalue weighted by Crippen LogP contribution is 2.40. The van der Waals surface area contributed by atoms with Crippen molar-refractivity contribution in [1.29, 1.82) is 0 Å². The number of rotatable bonds is 7. The molecule has 1 saturated heterocycles. The van der Waals surface area contributed by atoms with Crippen molar-refractivity contribution in [2.24, 2.45) is 11.8 Å². The third kappa shape index (κ3) is 5.17. The largest absolute Gasteiger partial charge is 0.356 e. The predicted octanol–water partition coefficient (Wildman–Crippen LogP) is 3.79. The number of fused-ring (bicyclic) bond motifs is 1. The van der Waals surface area contributed by atoms with Gasteiger partial charge in [0, 0.05) is 48.2 Å². The number of nitrogens with zero attached hydrogens (tertiary/aromatic N) is 2. The molecule has 2 aromatic carbocycles. The van der Waals surface area contributed by atoms with Gasteiger partial charge in [-0.25, -0.2) is 8.42 Å². The van der Waals surface area contributed by atoms with Crippen LogP contribution in [0.1, 0.15) is 43.7 Å². The summed E-state index contributed by atoms with van der Waals surface area (Å²) in [5, 5.41) is 3.67. The first-order valence-electron chi connectivity index (χ1n) is 12.7. The van der Waals surface area contributed by atoms with Crippen LogP contribution in [0.4, 0.5) is 5.69 Å². The lowest BCUT2D eigenvalue weighted by Crippen LogP contribution is -2.43. The van der Waals surface area contributed by atoms with E-state index >= 15 is 0 Å². The lowest BCUT2D eigenvalue weighted by atomic mass is 9.97. The Morgan fingerprint density at radius 3 is 2.36 bits per heavy atom. The monoisotopic (exact) mass is 529 g/mol. The minimum absolute atomic E-state index is 0.0204. The van der Waals surface area contributed by atoms with Crippen molar-refractivity contribution < 1.29 is 18.0 Å². The predicted molar refractivity (Wildman–Crippen MR) is 139 cm³/mol. The van der Waals surface area contributed by atoms with E-state index in [-0.39, 0.29) is 34.6 Å². The van der Waals surface area contributed by atoms with Crippen molar-refractivity contribution in [3.05, 3.63) is 58.6 Å². The van der Waals surface area contributed by atoms with E-state index in [9.17, 15) is 18.0 Å². The third-order valence-electron chi connectivity index (χ3n) is 7.52. The van der Waals surface area contributed by atoms with Crippen LogP contribution in [0.25, 0.3) is 0 Å². The van der Waals surface area contributed by atoms with E-state index in [0.717, 1.165) is 36.1 Å². The number of benzene rings is 2. The maximum absolute atomic E-state index is 13.4. The normalized spacial score (nSPS) is 20.8. The van der Waals surface area contributed by atoms with Crippen molar-refractivity contribution in [3.63, 3.8) is 0 Å². The second-order valence-corrected chi connectivity index (χ2v) is 12.5. The van der Waals surface area contributed by atoms with Crippen LogP contribution < -0.4 is 10.2 Å². The highest BCUT2D eigenvalue weighted by atomic mass is 35.5. The first kappa shape index (κ1) is 25.2. The summed E-state index contributed by atoms with van der Waals surface area (Å²) in [6.07, 6.45) is 4.27. The number of carbonyl (C=O) groups excluding carboxylic acids is 2. The summed E-state index contributed by atoms with van der Waals surface area (Å²) >= 11 is 5.91. The number of hydrogen-bond donors (Lipinski definition) is 1. The molecule has 0 bridgehead atoms. The first-order valence-corrected chi connectivity index (χ1v) is 14.5. The van der Waals surface area contributed by atoms with Gasteiger partial charge in [0.2, 0.25) is 21.8 Å². The number of amides is 2. The Morgan fingerprint density at radius 1 is 1.00 bits per heavy atom. The molecule has 2 amide bonds. The fraction of sp³-hybridized carbons (Fsp3) is 0.481. The molecule has 9 heteroatoms. The van der Waals surface area contributed by atoms with Gasteiger partial charge in [0.05, 0.1) is 4.90 Å². The Labute approximate surface area is 217 Å². The van der Waals surface area contributed by atoms with Gasteiger partial charge in [-0.1, -0.05) is 23.7 Å². The highest BCUT2D eigenvalue weighted by Gasteiger charge is 2.40. The van der Waals surface area contributed by atoms with E-state index < -0.39 is 10.0 Å². The molecule has 5 rings (SSSR count). The smallest absolute Gasteiger partial charge is 0.243 e. The number of anilines is 1. The third-order valence-corrected chi connectivity index (χ3v) is 9.67. The van der Waals surface area contributed by atoms with Crippen molar-refractivity contribution >= 4 is 39.1 Å². The summed E-state index contributed by atoms with van der Waals surface area (Å²) in [5.74, 6) is 0.0700. The van der Waals surface area contributed by atoms with Gasteiger partial charge in [-0.05, 0) is 86.9 Å². The number of hydrogen-bond acceptors (Lipinski definition) is 4. The molecule has 2 aliphatic heterocycles. The van der Waals surface area contributed by atoms with Crippen LogP contribution in [0, 0.1) is 11.8 Å². The summed E-state index contributed by atoms with van der Waals surface area (Å²) in [5.41, 5.74) is 2.85. The molecule has 1 saturated carbocycles. The zero-order valence-electron chi connectivity index (χ0n) is 20.5. The number of nitrogens with one attached hydrogen (secondary N) is 1. The topological polar surface area (TPSA) is 86.8 Å². The maximum Gasteiger partial charge on any atom is 0.243 e. The zero-order chi connectivity index (χ0) is 25.4. The standard InChI is InChI=1S/C27H32ClN3O4S/c1-18-16-22-17-24(8-9-25(22)31(18)27(33)21-4-5-21)36(34,35)30-14-11-20(12-15-30)26(32)29-13-10-19-2-6-23(28)7-3-19/h2-3,6-9,17-18,20-21H,4-5,10-16H2,1H3,(H,29,32). The van der Waals surface area contributed by atoms with Crippen LogP contribution in [0.2, 0.25) is 5.02 Å². The molecule has 1 unspecified atom stereocenters. The fourth-order valence-corrected chi connectivity index (χ4v) is 6.91. The Balaban J connectivity index is 1.17. The minimum Gasteiger partial charge on any atom is -0.356 e. The SMILES string of the molecule is CC1Cc2cc(S(=O)(=O)N3CCC(C(=O)NCCc4ccc(Cl)cc4)CC3)ccc2N1C(=O)C1CC1. The molecule has 0 spiro atoms. The van der Waals surface area contributed by atoms with Crippen molar-refractivity contribution in [1.82, 2.24) is 9.62 Å². The maximum atomic E-state index is 13.4. The van der Waals surface area contributed by atoms with Gasteiger partial charge >= 0.3 is 0 Å². The van der Waals surface area contributed by atoms with Crippen LogP contribution >= 0.6 is 11.6 Å². The number of piperidine rings is 1. The van der Waals surface area contributed by atoms with E-state index in [1.807, 2.05) is 36.1 Å². The van der Waals surface area contributed by atoms with E-state index in [2.05, 4.69) is 5.32 Å². The molecule has 1 N–H and O–H groups in total. The van der Waals surface area contributed by atoms with Gasteiger partial charge < -0.3 is 10.2 Å². The van der Waals surface area contributed by atoms with Crippen LogP contribution in [0.15, 0.2) is 47.4 Å². The average Bonchev–Trinajstić information content (AvgIpc) is 3.67. The molecule has 0 aromatic heterocycles. The highest BCUT2D eigenvalue weighted by molar-refractivity contribution is 7.89. The number of carbonyl (C=O) groups is 2. The van der Waals surface area contributed by atoms with Gasteiger partial charge in [0.25, 0.3) is 0 Å². The number of sulfonamides is 1. The summed E-state index contributed by atoms with van der Waals surface area (Å²) in [7, 11) is -3.66. The molecule has 192 valence electrons. The van der Waals surface area contributed by atoms with Crippen molar-refractivity contribution in [3.8, 4) is 0 Å². The van der Waals surface area contributed by atoms with Gasteiger partial charge in [0.1, 0.15) is 0 Å². The molecule has 1 atom stereocenters. The zero-order valence-corrected chi connectivity index (χ0v) is 22.0. The van der Waals surface area contributed by atoms with Crippen molar-refractivity contribution in [2.45, 2.75) is 56.4 Å². The van der Waals surface area contributed by atoms with Gasteiger partial charge in [-0.15, -0.1) is 0 Å². The Morgan fingerprint density at radius 2 is 1.69 bits per heavy atom. The summed E-state index contributed by atoms with van der Waals surface area (Å²) in [6, 6.07) is 12.7. The molecule has 36 heavy (non-hydrogen) atoms. The van der Waals surface area contributed by atoms with E-state index in [1.165, 1.54) is 4.31 Å². The molecule has 3 aliphatic rings. The molecule has 2 heterocycles. The second-order valence-electron chi connectivity index (χ2n) is 10.2. The lowest BCUT2D eigenvalue weighted by Gasteiger charge is -2.30. The summed E-state index contributed by atoms with van der Waals surface area (Å²) in [6.45, 7) is 3.18. The molecule has 2 fully saturated rings. The van der Waals surface area contributed by atoms with E-state index in [0.29, 0.717) is 43.9 Å². The quantitative estimate of drug-likeness (QED) is 0.591. The molecular weight excluding hydrogens is 498 g/mol. The van der Waals surface area contributed by atoms with Crippen molar-refractivity contribution in [2.75, 3.05) is 24.5 Å². The number of halogens is 1. The molecule has 2 aromatic rings. The lowest BCUT2D eigenvalue weighted by molar-refractivity contribution is -0.126. The Hall–Kier alpha value is -2.42. The molecule has 7 nitrogen and oxygen atoms in total. The van der Waals surface area contributed by atoms with Crippen LogP contribution in [-0.4, -0.2) is 50.2 Å².